The number of anilines is 1. The van der Waals surface area contributed by atoms with Gasteiger partial charge >= 0.3 is 0 Å². The number of hydrogen-bond donors (Lipinski definition) is 3. The van der Waals surface area contributed by atoms with E-state index in [1.165, 1.54) is 6.92 Å². The third kappa shape index (κ3) is 8.60. The van der Waals surface area contributed by atoms with Gasteiger partial charge < -0.3 is 15.8 Å². The van der Waals surface area contributed by atoms with Crippen molar-refractivity contribution in [3.05, 3.63) is 30.3 Å². The van der Waals surface area contributed by atoms with Gasteiger partial charge in [-0.15, -0.1) is 0 Å². The first-order chi connectivity index (χ1) is 11.1. The van der Waals surface area contributed by atoms with E-state index in [1.807, 2.05) is 30.3 Å². The van der Waals surface area contributed by atoms with Gasteiger partial charge in [-0.1, -0.05) is 42.6 Å². The molecule has 0 aromatic heterocycles. The Kier molecular flexibility index (Phi) is 9.12. The largest absolute Gasteiger partial charge is 0.410 e. The van der Waals surface area contributed by atoms with Crippen molar-refractivity contribution in [2.45, 2.75) is 45.4 Å². The van der Waals surface area contributed by atoms with Gasteiger partial charge in [0, 0.05) is 18.7 Å². The van der Waals surface area contributed by atoms with Crippen LogP contribution in [0.2, 0.25) is 0 Å². The zero-order chi connectivity index (χ0) is 16.9. The predicted octanol–water partition coefficient (Wildman–Crippen LogP) is 2.93. The summed E-state index contributed by atoms with van der Waals surface area (Å²) in [5.41, 5.74) is 0.893. The van der Waals surface area contributed by atoms with Crippen molar-refractivity contribution in [1.29, 1.82) is 0 Å². The van der Waals surface area contributed by atoms with E-state index in [1.54, 1.807) is 0 Å². The van der Waals surface area contributed by atoms with Gasteiger partial charge in [0.15, 0.2) is 0 Å². The smallest absolute Gasteiger partial charge is 0.268 e. The van der Waals surface area contributed by atoms with Gasteiger partial charge in [-0.2, -0.15) is 0 Å². The Morgan fingerprint density at radius 2 is 1.70 bits per heavy atom. The maximum absolute atomic E-state index is 11.7. The molecule has 0 aliphatic heterocycles. The van der Waals surface area contributed by atoms with Crippen molar-refractivity contribution in [2.24, 2.45) is 5.16 Å². The maximum Gasteiger partial charge on any atom is 0.268 e. The maximum atomic E-state index is 11.7. The van der Waals surface area contributed by atoms with Gasteiger partial charge in [0.1, 0.15) is 5.71 Å². The van der Waals surface area contributed by atoms with E-state index in [2.05, 4.69) is 15.8 Å². The standard InChI is InChI=1S/C17H25N3O3/c1-14(20-23)17(22)18-13-9-4-2-3-8-12-16(21)19-15-10-6-5-7-11-15/h5-7,10-11,23H,2-4,8-9,12-13H2,1H3,(H,18,22)(H,19,21)/b20-14+. The fraction of sp³-hybridized carbons (Fsp3) is 0.471. The van der Waals surface area contributed by atoms with Crippen molar-refractivity contribution in [3.63, 3.8) is 0 Å². The van der Waals surface area contributed by atoms with Crippen molar-refractivity contribution in [1.82, 2.24) is 5.32 Å². The molecule has 0 atom stereocenters. The first-order valence-corrected chi connectivity index (χ1v) is 7.95. The summed E-state index contributed by atoms with van der Waals surface area (Å²) in [5.74, 6) is -0.299. The lowest BCUT2D eigenvalue weighted by atomic mass is 10.1. The summed E-state index contributed by atoms with van der Waals surface area (Å²) in [6.45, 7) is 2.02. The van der Waals surface area contributed by atoms with Crippen LogP contribution in [0.4, 0.5) is 5.69 Å². The normalized spacial score (nSPS) is 11.1. The molecule has 0 spiro atoms. The lowest BCUT2D eigenvalue weighted by Crippen LogP contribution is -2.30. The number of hydrogen-bond acceptors (Lipinski definition) is 4. The Morgan fingerprint density at radius 1 is 1.04 bits per heavy atom. The Labute approximate surface area is 137 Å². The number of nitrogens with one attached hydrogen (secondary N) is 2. The highest BCUT2D eigenvalue weighted by Crippen LogP contribution is 2.09. The molecule has 0 fully saturated rings. The van der Waals surface area contributed by atoms with Gasteiger partial charge in [0.25, 0.3) is 5.91 Å². The molecule has 0 saturated heterocycles. The molecule has 2 amide bonds. The Morgan fingerprint density at radius 3 is 2.39 bits per heavy atom. The Bertz CT molecular complexity index is 515. The molecule has 1 aromatic rings. The van der Waals surface area contributed by atoms with Crippen LogP contribution in [-0.2, 0) is 9.59 Å². The lowest BCUT2D eigenvalue weighted by Gasteiger charge is -2.05. The summed E-state index contributed by atoms with van der Waals surface area (Å²) in [6, 6.07) is 9.44. The molecule has 0 bridgehead atoms. The zero-order valence-electron chi connectivity index (χ0n) is 13.5. The molecule has 3 N–H and O–H groups in total. The van der Waals surface area contributed by atoms with Crippen LogP contribution in [0.5, 0.6) is 0 Å². The summed E-state index contributed by atoms with van der Waals surface area (Å²) >= 11 is 0. The highest BCUT2D eigenvalue weighted by molar-refractivity contribution is 6.37. The molecule has 23 heavy (non-hydrogen) atoms. The van der Waals surface area contributed by atoms with E-state index >= 15 is 0 Å². The van der Waals surface area contributed by atoms with E-state index < -0.39 is 0 Å². The first kappa shape index (κ1) is 18.7. The molecule has 0 radical (unpaired) electrons. The van der Waals surface area contributed by atoms with E-state index in [-0.39, 0.29) is 17.5 Å². The second-order valence-electron chi connectivity index (χ2n) is 5.37. The number of carbonyl (C=O) groups is 2. The number of rotatable bonds is 10. The van der Waals surface area contributed by atoms with Crippen LogP contribution in [0.25, 0.3) is 0 Å². The number of amides is 2. The van der Waals surface area contributed by atoms with Gasteiger partial charge in [-0.3, -0.25) is 9.59 Å². The van der Waals surface area contributed by atoms with Crippen LogP contribution in [-0.4, -0.2) is 29.3 Å². The van der Waals surface area contributed by atoms with E-state index in [9.17, 15) is 9.59 Å². The summed E-state index contributed by atoms with van der Waals surface area (Å²) in [7, 11) is 0. The Hall–Kier alpha value is -2.37. The topological polar surface area (TPSA) is 90.8 Å². The summed E-state index contributed by atoms with van der Waals surface area (Å²) in [6.07, 6.45) is 5.28. The number of carbonyl (C=O) groups excluding carboxylic acids is 2. The third-order valence-electron chi connectivity index (χ3n) is 3.40. The monoisotopic (exact) mass is 319 g/mol. The van der Waals surface area contributed by atoms with E-state index in [0.717, 1.165) is 37.8 Å². The first-order valence-electron chi connectivity index (χ1n) is 7.95. The number of oxime groups is 1. The van der Waals surface area contributed by atoms with Crippen LogP contribution < -0.4 is 10.6 Å². The SMILES string of the molecule is C/C(=N\O)C(=O)NCCCCCCCC(=O)Nc1ccccc1. The van der Waals surface area contributed by atoms with Crippen LogP contribution >= 0.6 is 0 Å². The Balaban J connectivity index is 1.97. The van der Waals surface area contributed by atoms with E-state index in [4.69, 9.17) is 5.21 Å². The number of unbranched alkanes of at least 4 members (excludes halogenated alkanes) is 4. The van der Waals surface area contributed by atoms with Crippen LogP contribution in [0, 0.1) is 0 Å². The zero-order valence-corrected chi connectivity index (χ0v) is 13.5. The highest BCUT2D eigenvalue weighted by atomic mass is 16.4. The minimum Gasteiger partial charge on any atom is -0.410 e. The van der Waals surface area contributed by atoms with Crippen LogP contribution in [0.1, 0.15) is 45.4 Å². The van der Waals surface area contributed by atoms with Gasteiger partial charge in [0.05, 0.1) is 0 Å². The van der Waals surface area contributed by atoms with E-state index in [0.29, 0.717) is 13.0 Å². The molecular weight excluding hydrogens is 294 g/mol. The predicted molar refractivity (Wildman–Crippen MR) is 90.7 cm³/mol. The van der Waals surface area contributed by atoms with Gasteiger partial charge in [-0.25, -0.2) is 0 Å². The second-order valence-corrected chi connectivity index (χ2v) is 5.37. The quantitative estimate of drug-likeness (QED) is 0.268. The number of nitrogens with zero attached hydrogens (tertiary/aromatic N) is 1. The van der Waals surface area contributed by atoms with Gasteiger partial charge in [-0.05, 0) is 31.9 Å². The van der Waals surface area contributed by atoms with Crippen molar-refractivity contribution in [2.75, 3.05) is 11.9 Å². The molecule has 0 aliphatic rings. The minimum atomic E-state index is -0.343. The molecule has 1 rings (SSSR count). The summed E-state index contributed by atoms with van der Waals surface area (Å²) in [4.78, 5) is 23.0. The van der Waals surface area contributed by atoms with Crippen molar-refractivity contribution in [3.8, 4) is 0 Å². The van der Waals surface area contributed by atoms with Gasteiger partial charge in [0.2, 0.25) is 5.91 Å². The molecule has 6 heteroatoms. The number of para-hydroxylation sites is 1. The summed E-state index contributed by atoms with van der Waals surface area (Å²) in [5, 5.41) is 16.8. The average Bonchev–Trinajstić information content (AvgIpc) is 2.57. The number of benzene rings is 1. The van der Waals surface area contributed by atoms with Crippen LogP contribution in [0.3, 0.4) is 0 Å². The van der Waals surface area contributed by atoms with Crippen molar-refractivity contribution >= 4 is 23.2 Å². The third-order valence-corrected chi connectivity index (χ3v) is 3.40. The lowest BCUT2D eigenvalue weighted by molar-refractivity contribution is -0.116. The minimum absolute atomic E-state index is 0.0437. The fourth-order valence-electron chi connectivity index (χ4n) is 2.06. The molecular formula is C17H25N3O3. The molecule has 0 unspecified atom stereocenters. The molecule has 0 saturated carbocycles. The van der Waals surface area contributed by atoms with Crippen molar-refractivity contribution < 1.29 is 14.8 Å². The molecule has 6 nitrogen and oxygen atoms in total. The molecule has 0 heterocycles. The molecule has 126 valence electrons. The second kappa shape index (κ2) is 11.2. The summed E-state index contributed by atoms with van der Waals surface area (Å²) < 4.78 is 0. The molecule has 0 aliphatic carbocycles. The highest BCUT2D eigenvalue weighted by Gasteiger charge is 2.04. The fourth-order valence-corrected chi connectivity index (χ4v) is 2.06. The van der Waals surface area contributed by atoms with Crippen LogP contribution in [0.15, 0.2) is 35.5 Å². The molecule has 1 aromatic carbocycles. The average molecular weight is 319 g/mol.